The molecule has 10 aliphatic rings. The molecule has 3 atom stereocenters. The summed E-state index contributed by atoms with van der Waals surface area (Å²) in [5, 5.41) is 3.39. The van der Waals surface area contributed by atoms with E-state index in [0.717, 1.165) is 150 Å². The first-order valence-corrected chi connectivity index (χ1v) is 51.2. The van der Waals surface area contributed by atoms with E-state index in [4.69, 9.17) is 0 Å². The molecule has 0 aromatic heterocycles. The number of hydrogen-bond donors (Lipinski definition) is 1. The summed E-state index contributed by atoms with van der Waals surface area (Å²) in [6.45, 7) is 87.6. The topological polar surface area (TPSA) is 58.3 Å². The maximum absolute atomic E-state index is 11.8. The molecule has 3 unspecified atom stereocenters. The van der Waals surface area contributed by atoms with Gasteiger partial charge in [-0.25, -0.2) is 0 Å². The number of nitrogens with zero attached hydrogens (tertiary/aromatic N) is 9. The predicted molar refractivity (Wildman–Crippen MR) is 513 cm³/mol. The van der Waals surface area contributed by atoms with Gasteiger partial charge in [0, 0.05) is 57.8 Å². The van der Waals surface area contributed by atoms with Crippen LogP contribution >= 0.6 is 0 Å². The molecule has 0 aromatic rings. The summed E-state index contributed by atoms with van der Waals surface area (Å²) < 4.78 is 0. The first-order valence-electron chi connectivity index (χ1n) is 51.2. The highest BCUT2D eigenvalue weighted by Crippen LogP contribution is 2.36. The lowest BCUT2D eigenvalue weighted by atomic mass is 9.81. The van der Waals surface area contributed by atoms with E-state index >= 15 is 0 Å². The molecule has 10 rings (SSSR count). The summed E-state index contributed by atoms with van der Waals surface area (Å²) in [5.41, 5.74) is 0. The number of amides is 1. The lowest BCUT2D eigenvalue weighted by Crippen LogP contribution is -2.46. The Bertz CT molecular complexity index is 2100. The summed E-state index contributed by atoms with van der Waals surface area (Å²) >= 11 is 0. The van der Waals surface area contributed by atoms with E-state index in [2.05, 4.69) is 251 Å². The number of hydrogen-bond acceptors (Lipinski definition) is 10. The van der Waals surface area contributed by atoms with Gasteiger partial charge in [0.1, 0.15) is 0 Å². The van der Waals surface area contributed by atoms with Crippen LogP contribution in [0.1, 0.15) is 359 Å². The third kappa shape index (κ3) is 54.5. The number of carbonyl (C=O) groups excluding carboxylic acids is 1. The Morgan fingerprint density at radius 2 is 0.530 bits per heavy atom. The Balaban J connectivity index is 0.000000440. The van der Waals surface area contributed by atoms with Gasteiger partial charge in [-0.05, 0) is 432 Å². The fourth-order valence-electron chi connectivity index (χ4n) is 20.6. The Morgan fingerprint density at radius 1 is 0.278 bits per heavy atom. The molecule has 11 heteroatoms. The van der Waals surface area contributed by atoms with E-state index in [0.29, 0.717) is 11.8 Å². The van der Waals surface area contributed by atoms with Gasteiger partial charge in [-0.1, -0.05) is 179 Å². The molecule has 9 heterocycles. The third-order valence-electron chi connectivity index (χ3n) is 29.1. The minimum absolute atomic E-state index is 0.409. The van der Waals surface area contributed by atoms with Gasteiger partial charge in [-0.15, -0.1) is 0 Å². The number of nitrogens with one attached hydrogen (secondary N) is 1. The molecule has 11 nitrogen and oxygen atoms in total. The maximum Gasteiger partial charge on any atom is 0.225 e. The normalized spacial score (nSPS) is 22.6. The highest BCUT2D eigenvalue weighted by molar-refractivity contribution is 5.81. The van der Waals surface area contributed by atoms with Crippen LogP contribution in [-0.4, -0.2) is 235 Å². The van der Waals surface area contributed by atoms with Crippen molar-refractivity contribution in [3.05, 3.63) is 0 Å². The van der Waals surface area contributed by atoms with E-state index in [1.165, 1.54) is 311 Å². The van der Waals surface area contributed by atoms with Gasteiger partial charge < -0.3 is 49.4 Å². The van der Waals surface area contributed by atoms with Crippen molar-refractivity contribution in [2.24, 2.45) is 124 Å². The van der Waals surface area contributed by atoms with E-state index in [-0.39, 0.29) is 0 Å². The van der Waals surface area contributed by atoms with Crippen molar-refractivity contribution in [2.75, 3.05) is 179 Å². The highest BCUT2D eigenvalue weighted by atomic mass is 16.2. The molecule has 10 fully saturated rings. The van der Waals surface area contributed by atoms with E-state index < -0.39 is 0 Å². The summed E-state index contributed by atoms with van der Waals surface area (Å²) in [4.78, 5) is 34.1. The molecule has 115 heavy (non-hydrogen) atoms. The monoisotopic (exact) mass is 1620 g/mol. The lowest BCUT2D eigenvalue weighted by molar-refractivity contribution is -0.134. The van der Waals surface area contributed by atoms with Crippen molar-refractivity contribution in [1.82, 2.24) is 49.4 Å². The smallest absolute Gasteiger partial charge is 0.225 e. The highest BCUT2D eigenvalue weighted by Gasteiger charge is 2.35. The quantitative estimate of drug-likeness (QED) is 0.0820. The van der Waals surface area contributed by atoms with Crippen molar-refractivity contribution in [3.8, 4) is 0 Å². The molecule has 686 valence electrons. The molecule has 1 N–H and O–H groups in total. The van der Waals surface area contributed by atoms with Gasteiger partial charge >= 0.3 is 0 Å². The summed E-state index contributed by atoms with van der Waals surface area (Å²) in [5.74, 6) is 19.5. The van der Waals surface area contributed by atoms with Gasteiger partial charge in [-0.3, -0.25) is 4.79 Å². The van der Waals surface area contributed by atoms with Crippen LogP contribution in [0.25, 0.3) is 0 Å². The Morgan fingerprint density at radius 3 is 0.783 bits per heavy atom. The average Bonchev–Trinajstić information content (AvgIpc) is 1.73. The summed E-state index contributed by atoms with van der Waals surface area (Å²) in [7, 11) is 8.92. The van der Waals surface area contributed by atoms with Crippen LogP contribution in [0.15, 0.2) is 0 Å². The van der Waals surface area contributed by atoms with Crippen LogP contribution in [0, 0.1) is 124 Å². The number of likely N-dealkylation sites (N-methyl/N-ethyl adjacent to an activating group) is 1. The van der Waals surface area contributed by atoms with Gasteiger partial charge in [-0.2, -0.15) is 0 Å². The Labute approximate surface area is 724 Å². The third-order valence-corrected chi connectivity index (χ3v) is 29.1. The van der Waals surface area contributed by atoms with E-state index in [1.54, 1.807) is 0 Å². The number of rotatable bonds is 28. The van der Waals surface area contributed by atoms with Crippen LogP contribution in [0.3, 0.4) is 0 Å². The summed E-state index contributed by atoms with van der Waals surface area (Å²) in [6, 6.07) is 0.750. The van der Waals surface area contributed by atoms with Crippen LogP contribution in [0.5, 0.6) is 0 Å². The maximum atomic E-state index is 11.8. The largest absolute Gasteiger partial charge is 0.342 e. The van der Waals surface area contributed by atoms with Gasteiger partial charge in [0.15, 0.2) is 0 Å². The molecule has 1 aliphatic carbocycles. The van der Waals surface area contributed by atoms with E-state index in [1.807, 2.05) is 0 Å². The fourth-order valence-corrected chi connectivity index (χ4v) is 20.6. The molecular weight excluding hydrogens is 1410 g/mol. The van der Waals surface area contributed by atoms with Gasteiger partial charge in [0.25, 0.3) is 0 Å². The second-order valence-corrected chi connectivity index (χ2v) is 43.9. The first kappa shape index (κ1) is 110. The van der Waals surface area contributed by atoms with Gasteiger partial charge in [0.2, 0.25) is 5.91 Å². The molecule has 0 bridgehead atoms. The minimum Gasteiger partial charge on any atom is -0.342 e. The molecule has 0 spiro atoms. The van der Waals surface area contributed by atoms with Crippen molar-refractivity contribution < 1.29 is 4.79 Å². The van der Waals surface area contributed by atoms with Crippen LogP contribution in [0.2, 0.25) is 0 Å². The zero-order valence-electron chi connectivity index (χ0n) is 83.9. The number of piperazine rings is 1. The van der Waals surface area contributed by atoms with Crippen LogP contribution < -0.4 is 5.32 Å². The lowest BCUT2D eigenvalue weighted by Gasteiger charge is -2.35. The zero-order valence-corrected chi connectivity index (χ0v) is 83.9. The van der Waals surface area contributed by atoms with Crippen molar-refractivity contribution in [1.29, 1.82) is 0 Å². The average molecular weight is 1620 g/mol. The molecule has 9 aliphatic heterocycles. The zero-order chi connectivity index (χ0) is 86.0. The van der Waals surface area contributed by atoms with Crippen LogP contribution in [-0.2, 0) is 4.79 Å². The van der Waals surface area contributed by atoms with Crippen molar-refractivity contribution >= 4 is 5.91 Å². The second-order valence-electron chi connectivity index (χ2n) is 43.9. The molecule has 0 radical (unpaired) electrons. The van der Waals surface area contributed by atoms with Gasteiger partial charge in [0.05, 0.1) is 0 Å². The molecule has 9 saturated heterocycles. The predicted octanol–water partition coefficient (Wildman–Crippen LogP) is 24.5. The molecule has 1 amide bonds. The van der Waals surface area contributed by atoms with Crippen molar-refractivity contribution in [2.45, 2.75) is 365 Å². The summed E-state index contributed by atoms with van der Waals surface area (Å²) in [6.07, 6.45) is 40.3. The number of piperidine rings is 8. The minimum atomic E-state index is 0.409. The SMILES string of the molecule is CC(C)CC1CCN(C(=O)C2CC2)CC1.CC(C)CC1CCN(C(C)C)CC1.CC(C)CC1CCN(C)CC1.CC(C)CC1CCN(C)CC1.CC(C)CC1CCNCC1.CCC(CC1CCN(C)CC1)C(C)C.CCC(CC1CCN(CC)CC1)C(C)C.CCC(CN1CCN(C)CC1)C(C)C.CCN1CCC(CC(C)C)CC1. The first-order chi connectivity index (χ1) is 54.6. The number of carbonyl (C=O) groups is 1. The Hall–Kier alpha value is -0.890. The van der Waals surface area contributed by atoms with Crippen molar-refractivity contribution in [3.63, 3.8) is 0 Å². The number of likely N-dealkylation sites (tertiary alicyclic amines) is 7. The molecular formula is C104H214N10O. The molecule has 1 saturated carbocycles. The standard InChI is InChI=1S/C14H29N.C13H23NO.C13H27N.C12H26N2.C12H25N.C11H23N.2C10H21N.C9H19N/c1-5-14(12(3)4)11-13-7-9-15(6-2)10-8-13;1-10(2)9-11-5-7-14(8-6-11)13(15)12-3-4-12;1-5-13(11(2)3)10-12-6-8-14(4)9-7-12;1-5-12(11(2)3)10-14-8-6-13(4)7-9-14;1-10(2)9-12-5-7-13(8-6-12)11(3)4;1-4-12-7-5-11(6-8-12)9-10(2)3;2*1-9(2)8-10-4-6-11(3)7-5-10;1-8(2)7-9-3-5-10-6-4-9/h12-14H,5-11H2,1-4H3;10-12H,3-9H2,1-2H3;11-13H,5-10H2,1-4H3;11-12H,5-10H2,1-4H3;10-12H,5-9H2,1-4H3;10-11H,4-9H2,1-3H3;2*9-10H,4-8H2,1-3H3;8-10H,3-7H2,1-2H3. The van der Waals surface area contributed by atoms with E-state index in [9.17, 15) is 4.79 Å². The molecule has 0 aromatic carbocycles. The fraction of sp³-hybridized carbons (Fsp3) is 0.990. The second kappa shape index (κ2) is 64.8. The van der Waals surface area contributed by atoms with Crippen LogP contribution in [0.4, 0.5) is 0 Å². The Kier molecular flexibility index (Phi) is 62.1.